The van der Waals surface area contributed by atoms with Crippen LogP contribution in [0.1, 0.15) is 30.9 Å². The van der Waals surface area contributed by atoms with E-state index in [4.69, 9.17) is 0 Å². The maximum Gasteiger partial charge on any atom is 0.107 e. The SMILES string of the molecule is CNCCc1cnn(C2CCC2)c1Br. The normalized spacial score (nSPS) is 17.0. The second-order valence-corrected chi connectivity index (χ2v) is 4.59. The van der Waals surface area contributed by atoms with Crippen LogP contribution >= 0.6 is 15.9 Å². The van der Waals surface area contributed by atoms with Crippen molar-refractivity contribution < 1.29 is 0 Å². The van der Waals surface area contributed by atoms with Crippen LogP contribution in [-0.4, -0.2) is 23.4 Å². The molecule has 0 unspecified atom stereocenters. The fourth-order valence-corrected chi connectivity index (χ4v) is 2.38. The number of hydrogen-bond acceptors (Lipinski definition) is 2. The van der Waals surface area contributed by atoms with E-state index in [0.29, 0.717) is 6.04 Å². The van der Waals surface area contributed by atoms with Crippen LogP contribution in [0.15, 0.2) is 10.8 Å². The van der Waals surface area contributed by atoms with Crippen LogP contribution in [0.5, 0.6) is 0 Å². The van der Waals surface area contributed by atoms with Crippen LogP contribution < -0.4 is 5.32 Å². The lowest BCUT2D eigenvalue weighted by Crippen LogP contribution is -2.18. The van der Waals surface area contributed by atoms with E-state index in [1.807, 2.05) is 13.2 Å². The van der Waals surface area contributed by atoms with Gasteiger partial charge in [0.05, 0.1) is 12.2 Å². The number of likely N-dealkylation sites (N-methyl/N-ethyl adjacent to an activating group) is 1. The number of rotatable bonds is 4. The topological polar surface area (TPSA) is 29.9 Å². The minimum atomic E-state index is 0.646. The maximum atomic E-state index is 4.43. The molecule has 0 radical (unpaired) electrons. The molecular weight excluding hydrogens is 242 g/mol. The molecule has 1 heterocycles. The highest BCUT2D eigenvalue weighted by atomic mass is 79.9. The summed E-state index contributed by atoms with van der Waals surface area (Å²) in [4.78, 5) is 0. The van der Waals surface area contributed by atoms with Gasteiger partial charge < -0.3 is 5.32 Å². The van der Waals surface area contributed by atoms with Gasteiger partial charge in [-0.1, -0.05) is 0 Å². The van der Waals surface area contributed by atoms with Crippen LogP contribution in [0, 0.1) is 0 Å². The Labute approximate surface area is 93.0 Å². The molecule has 14 heavy (non-hydrogen) atoms. The van der Waals surface area contributed by atoms with Gasteiger partial charge in [0.1, 0.15) is 4.60 Å². The Morgan fingerprint density at radius 1 is 1.64 bits per heavy atom. The van der Waals surface area contributed by atoms with Gasteiger partial charge in [0.2, 0.25) is 0 Å². The molecule has 1 aliphatic rings. The van der Waals surface area contributed by atoms with Crippen molar-refractivity contribution in [1.82, 2.24) is 15.1 Å². The average Bonchev–Trinajstić information content (AvgIpc) is 2.43. The highest BCUT2D eigenvalue weighted by molar-refractivity contribution is 9.10. The summed E-state index contributed by atoms with van der Waals surface area (Å²) in [6.07, 6.45) is 6.95. The van der Waals surface area contributed by atoms with E-state index < -0.39 is 0 Å². The molecule has 0 atom stereocenters. The van der Waals surface area contributed by atoms with E-state index >= 15 is 0 Å². The molecular formula is C10H16BrN3. The molecule has 0 spiro atoms. The van der Waals surface area contributed by atoms with E-state index in [1.165, 1.54) is 29.4 Å². The van der Waals surface area contributed by atoms with Crippen molar-refractivity contribution in [2.24, 2.45) is 0 Å². The zero-order valence-electron chi connectivity index (χ0n) is 8.46. The first-order chi connectivity index (χ1) is 6.83. The lowest BCUT2D eigenvalue weighted by Gasteiger charge is -2.26. The molecule has 1 saturated carbocycles. The van der Waals surface area contributed by atoms with E-state index in [1.54, 1.807) is 0 Å². The molecule has 1 aliphatic carbocycles. The fraction of sp³-hybridized carbons (Fsp3) is 0.700. The summed E-state index contributed by atoms with van der Waals surface area (Å²) in [7, 11) is 1.98. The number of halogens is 1. The predicted molar refractivity (Wildman–Crippen MR) is 60.4 cm³/mol. The van der Waals surface area contributed by atoms with Gasteiger partial charge in [0.15, 0.2) is 0 Å². The highest BCUT2D eigenvalue weighted by Gasteiger charge is 2.22. The Morgan fingerprint density at radius 2 is 2.43 bits per heavy atom. The minimum Gasteiger partial charge on any atom is -0.319 e. The minimum absolute atomic E-state index is 0.646. The molecule has 2 rings (SSSR count). The number of hydrogen-bond donors (Lipinski definition) is 1. The molecule has 1 N–H and O–H groups in total. The van der Waals surface area contributed by atoms with E-state index in [9.17, 15) is 0 Å². The van der Waals surface area contributed by atoms with E-state index in [-0.39, 0.29) is 0 Å². The van der Waals surface area contributed by atoms with Crippen molar-refractivity contribution in [1.29, 1.82) is 0 Å². The Bertz CT molecular complexity index is 304. The number of aromatic nitrogens is 2. The van der Waals surface area contributed by atoms with Crippen molar-refractivity contribution in [2.45, 2.75) is 31.7 Å². The van der Waals surface area contributed by atoms with Gasteiger partial charge in [-0.15, -0.1) is 0 Å². The van der Waals surface area contributed by atoms with Crippen LogP contribution in [-0.2, 0) is 6.42 Å². The molecule has 0 bridgehead atoms. The summed E-state index contributed by atoms with van der Waals surface area (Å²) < 4.78 is 3.31. The average molecular weight is 258 g/mol. The smallest absolute Gasteiger partial charge is 0.107 e. The lowest BCUT2D eigenvalue weighted by atomic mass is 9.93. The number of nitrogens with one attached hydrogen (secondary N) is 1. The van der Waals surface area contributed by atoms with Crippen LogP contribution in [0.2, 0.25) is 0 Å². The zero-order valence-corrected chi connectivity index (χ0v) is 10.0. The second kappa shape index (κ2) is 4.45. The lowest BCUT2D eigenvalue weighted by molar-refractivity contribution is 0.285. The first kappa shape index (κ1) is 10.2. The molecule has 1 fully saturated rings. The molecule has 4 heteroatoms. The Kier molecular flexibility index (Phi) is 3.23. The first-order valence-electron chi connectivity index (χ1n) is 5.19. The fourth-order valence-electron chi connectivity index (χ4n) is 1.70. The quantitative estimate of drug-likeness (QED) is 0.896. The van der Waals surface area contributed by atoms with Crippen molar-refractivity contribution in [2.75, 3.05) is 13.6 Å². The van der Waals surface area contributed by atoms with Gasteiger partial charge >= 0.3 is 0 Å². The van der Waals surface area contributed by atoms with Gasteiger partial charge in [-0.2, -0.15) is 5.10 Å². The Hall–Kier alpha value is -0.350. The number of nitrogens with zero attached hydrogens (tertiary/aromatic N) is 2. The third-order valence-corrected chi connectivity index (χ3v) is 3.74. The summed E-state index contributed by atoms with van der Waals surface area (Å²) in [6, 6.07) is 0.646. The standard InChI is InChI=1S/C10H16BrN3/c1-12-6-5-8-7-13-14(10(8)11)9-3-2-4-9/h7,9,12H,2-6H2,1H3. The maximum absolute atomic E-state index is 4.43. The molecule has 3 nitrogen and oxygen atoms in total. The van der Waals surface area contributed by atoms with Crippen LogP contribution in [0.3, 0.4) is 0 Å². The third kappa shape index (κ3) is 1.86. The van der Waals surface area contributed by atoms with Gasteiger partial charge in [-0.25, -0.2) is 0 Å². The van der Waals surface area contributed by atoms with E-state index in [0.717, 1.165) is 13.0 Å². The van der Waals surface area contributed by atoms with Crippen molar-refractivity contribution in [3.8, 4) is 0 Å². The van der Waals surface area contributed by atoms with Gasteiger partial charge in [0, 0.05) is 5.56 Å². The van der Waals surface area contributed by atoms with Gasteiger partial charge in [-0.05, 0) is 55.2 Å². The Morgan fingerprint density at radius 3 is 3.00 bits per heavy atom. The monoisotopic (exact) mass is 257 g/mol. The van der Waals surface area contributed by atoms with Crippen molar-refractivity contribution in [3.05, 3.63) is 16.4 Å². The van der Waals surface area contributed by atoms with Crippen LogP contribution in [0.25, 0.3) is 0 Å². The summed E-state index contributed by atoms with van der Waals surface area (Å²) in [5.41, 5.74) is 1.31. The summed E-state index contributed by atoms with van der Waals surface area (Å²) in [5.74, 6) is 0. The van der Waals surface area contributed by atoms with Crippen LogP contribution in [0.4, 0.5) is 0 Å². The second-order valence-electron chi connectivity index (χ2n) is 3.84. The molecule has 0 aromatic carbocycles. The van der Waals surface area contributed by atoms with Gasteiger partial charge in [0.25, 0.3) is 0 Å². The molecule has 1 aromatic heterocycles. The first-order valence-corrected chi connectivity index (χ1v) is 5.98. The summed E-state index contributed by atoms with van der Waals surface area (Å²) in [6.45, 7) is 1.01. The summed E-state index contributed by atoms with van der Waals surface area (Å²) in [5, 5.41) is 7.58. The van der Waals surface area contributed by atoms with Gasteiger partial charge in [-0.3, -0.25) is 4.68 Å². The molecule has 0 aliphatic heterocycles. The molecule has 1 aromatic rings. The van der Waals surface area contributed by atoms with Crippen molar-refractivity contribution in [3.63, 3.8) is 0 Å². The molecule has 0 amide bonds. The molecule has 78 valence electrons. The third-order valence-electron chi connectivity index (χ3n) is 2.87. The zero-order chi connectivity index (χ0) is 9.97. The Balaban J connectivity index is 2.06. The summed E-state index contributed by atoms with van der Waals surface area (Å²) >= 11 is 3.63. The van der Waals surface area contributed by atoms with Crippen molar-refractivity contribution >= 4 is 15.9 Å². The largest absolute Gasteiger partial charge is 0.319 e. The molecule has 0 saturated heterocycles. The predicted octanol–water partition coefficient (Wildman–Crippen LogP) is 2.13. The highest BCUT2D eigenvalue weighted by Crippen LogP contribution is 2.34. The van der Waals surface area contributed by atoms with E-state index in [2.05, 4.69) is 31.0 Å².